The summed E-state index contributed by atoms with van der Waals surface area (Å²) in [7, 11) is 1.45. The van der Waals surface area contributed by atoms with E-state index in [1.54, 1.807) is 6.92 Å². The van der Waals surface area contributed by atoms with Crippen LogP contribution < -0.4 is 14.8 Å². The molecule has 24 heavy (non-hydrogen) atoms. The molecule has 1 unspecified atom stereocenters. The van der Waals surface area contributed by atoms with Crippen molar-refractivity contribution >= 4 is 23.5 Å². The Morgan fingerprint density at radius 1 is 1.38 bits per heavy atom. The van der Waals surface area contributed by atoms with Gasteiger partial charge in [-0.15, -0.1) is 0 Å². The second-order valence-corrected chi connectivity index (χ2v) is 6.55. The molecular weight excluding hydrogens is 334 g/mol. The molecule has 134 valence electrons. The van der Waals surface area contributed by atoms with Gasteiger partial charge in [0, 0.05) is 5.56 Å². The third-order valence-electron chi connectivity index (χ3n) is 3.62. The number of carbonyl (C=O) groups is 2. The van der Waals surface area contributed by atoms with Crippen molar-refractivity contribution in [2.24, 2.45) is 5.92 Å². The smallest absolute Gasteiger partial charge is 0.329 e. The molecule has 0 saturated carbocycles. The van der Waals surface area contributed by atoms with Gasteiger partial charge in [0.2, 0.25) is 0 Å². The van der Waals surface area contributed by atoms with Crippen LogP contribution in [0.15, 0.2) is 12.1 Å². The summed E-state index contributed by atoms with van der Waals surface area (Å²) in [6.07, 6.45) is 0.245. The fourth-order valence-corrected chi connectivity index (χ4v) is 2.12. The lowest BCUT2D eigenvalue weighted by Crippen LogP contribution is -2.51. The van der Waals surface area contributed by atoms with Crippen molar-refractivity contribution < 1.29 is 24.2 Å². The van der Waals surface area contributed by atoms with Crippen LogP contribution in [-0.4, -0.2) is 36.2 Å². The Balaban J connectivity index is 3.11. The van der Waals surface area contributed by atoms with Crippen LogP contribution in [0, 0.1) is 5.92 Å². The van der Waals surface area contributed by atoms with Gasteiger partial charge in [-0.25, -0.2) is 4.79 Å². The second kappa shape index (κ2) is 8.24. The highest BCUT2D eigenvalue weighted by Gasteiger charge is 2.33. The first-order chi connectivity index (χ1) is 11.1. The van der Waals surface area contributed by atoms with Gasteiger partial charge in [-0.1, -0.05) is 32.4 Å². The van der Waals surface area contributed by atoms with E-state index in [4.69, 9.17) is 21.1 Å². The van der Waals surface area contributed by atoms with Gasteiger partial charge in [0.15, 0.2) is 11.5 Å². The zero-order chi connectivity index (χ0) is 18.5. The van der Waals surface area contributed by atoms with Crippen molar-refractivity contribution in [3.8, 4) is 11.5 Å². The quantitative estimate of drug-likeness (QED) is 0.745. The van der Waals surface area contributed by atoms with Crippen LogP contribution >= 0.6 is 11.6 Å². The lowest BCUT2D eigenvalue weighted by Gasteiger charge is -2.25. The van der Waals surface area contributed by atoms with Crippen molar-refractivity contribution in [3.63, 3.8) is 0 Å². The SMILES string of the molecule is CCC(C)(NC(=O)c1cc(Cl)c(OCC(C)C)c(OC)c1)C(=O)O. The number of carbonyl (C=O) groups excluding carboxylic acids is 1. The maximum Gasteiger partial charge on any atom is 0.329 e. The highest BCUT2D eigenvalue weighted by Crippen LogP contribution is 2.36. The van der Waals surface area contributed by atoms with E-state index < -0.39 is 17.4 Å². The summed E-state index contributed by atoms with van der Waals surface area (Å²) in [6, 6.07) is 2.92. The maximum atomic E-state index is 12.4. The van der Waals surface area contributed by atoms with E-state index in [-0.39, 0.29) is 17.0 Å². The van der Waals surface area contributed by atoms with E-state index in [9.17, 15) is 14.7 Å². The molecule has 0 aromatic heterocycles. The molecule has 0 saturated heterocycles. The van der Waals surface area contributed by atoms with Crippen LogP contribution in [0.1, 0.15) is 44.5 Å². The van der Waals surface area contributed by atoms with Crippen LogP contribution in [0.25, 0.3) is 0 Å². The maximum absolute atomic E-state index is 12.4. The highest BCUT2D eigenvalue weighted by atomic mass is 35.5. The molecule has 0 fully saturated rings. The average molecular weight is 358 g/mol. The number of nitrogens with one attached hydrogen (secondary N) is 1. The normalized spacial score (nSPS) is 13.3. The van der Waals surface area contributed by atoms with Gasteiger partial charge in [-0.2, -0.15) is 0 Å². The molecule has 0 bridgehead atoms. The minimum Gasteiger partial charge on any atom is -0.493 e. The molecule has 0 spiro atoms. The minimum atomic E-state index is -1.36. The Bertz CT molecular complexity index is 617. The van der Waals surface area contributed by atoms with Gasteiger partial charge in [0.1, 0.15) is 5.54 Å². The van der Waals surface area contributed by atoms with Crippen molar-refractivity contribution in [1.82, 2.24) is 5.32 Å². The number of carboxylic acids is 1. The monoisotopic (exact) mass is 357 g/mol. The molecule has 1 aromatic carbocycles. The number of halogens is 1. The molecule has 0 heterocycles. The average Bonchev–Trinajstić information content (AvgIpc) is 2.52. The molecule has 1 amide bonds. The number of rotatable bonds is 8. The molecule has 2 N–H and O–H groups in total. The summed E-state index contributed by atoms with van der Waals surface area (Å²) < 4.78 is 10.9. The summed E-state index contributed by atoms with van der Waals surface area (Å²) in [6.45, 7) is 7.59. The Hall–Kier alpha value is -1.95. The fourth-order valence-electron chi connectivity index (χ4n) is 1.86. The van der Waals surface area contributed by atoms with Crippen LogP contribution in [-0.2, 0) is 4.79 Å². The molecular formula is C17H24ClNO5. The number of carboxylic acid groups (broad SMARTS) is 1. The fraction of sp³-hybridized carbons (Fsp3) is 0.529. The third-order valence-corrected chi connectivity index (χ3v) is 3.90. The van der Waals surface area contributed by atoms with Crippen LogP contribution in [0.2, 0.25) is 5.02 Å². The Morgan fingerprint density at radius 3 is 2.46 bits per heavy atom. The molecule has 6 nitrogen and oxygen atoms in total. The number of hydrogen-bond acceptors (Lipinski definition) is 4. The van der Waals surface area contributed by atoms with Crippen LogP contribution in [0.4, 0.5) is 0 Å². The van der Waals surface area contributed by atoms with E-state index in [1.807, 2.05) is 13.8 Å². The summed E-state index contributed by atoms with van der Waals surface area (Å²) in [5.74, 6) is -0.664. The molecule has 0 aliphatic carbocycles. The standard InChI is InChI=1S/C17H24ClNO5/c1-6-17(4,16(21)22)19-15(20)11-7-12(18)14(13(8-11)23-5)24-9-10(2)3/h7-8,10H,6,9H2,1-5H3,(H,19,20)(H,21,22). The first-order valence-corrected chi connectivity index (χ1v) is 8.08. The predicted octanol–water partition coefficient (Wildman–Crippen LogP) is 3.37. The van der Waals surface area contributed by atoms with Crippen molar-refractivity contribution in [1.29, 1.82) is 0 Å². The Morgan fingerprint density at radius 2 is 2.00 bits per heavy atom. The number of methoxy groups -OCH3 is 1. The summed E-state index contributed by atoms with van der Waals surface area (Å²) in [5.41, 5.74) is -1.15. The van der Waals surface area contributed by atoms with Gasteiger partial charge in [-0.05, 0) is 31.4 Å². The van der Waals surface area contributed by atoms with Gasteiger partial charge in [0.25, 0.3) is 5.91 Å². The van der Waals surface area contributed by atoms with Gasteiger partial charge in [0.05, 0.1) is 18.7 Å². The highest BCUT2D eigenvalue weighted by molar-refractivity contribution is 6.32. The number of aliphatic carboxylic acids is 1. The van der Waals surface area contributed by atoms with Crippen molar-refractivity contribution in [3.05, 3.63) is 22.7 Å². The lowest BCUT2D eigenvalue weighted by molar-refractivity contribution is -0.143. The topological polar surface area (TPSA) is 84.9 Å². The van der Waals surface area contributed by atoms with Crippen LogP contribution in [0.3, 0.4) is 0 Å². The second-order valence-electron chi connectivity index (χ2n) is 6.14. The van der Waals surface area contributed by atoms with E-state index in [1.165, 1.54) is 26.2 Å². The summed E-state index contributed by atoms with van der Waals surface area (Å²) in [5, 5.41) is 12.0. The third kappa shape index (κ3) is 4.77. The summed E-state index contributed by atoms with van der Waals surface area (Å²) in [4.78, 5) is 23.7. The van der Waals surface area contributed by atoms with E-state index in [0.29, 0.717) is 24.0 Å². The Kier molecular flexibility index (Phi) is 6.90. The first kappa shape index (κ1) is 20.1. The van der Waals surface area contributed by atoms with E-state index in [0.717, 1.165) is 0 Å². The van der Waals surface area contributed by atoms with Crippen molar-refractivity contribution in [2.75, 3.05) is 13.7 Å². The first-order valence-electron chi connectivity index (χ1n) is 7.70. The molecule has 0 radical (unpaired) electrons. The zero-order valence-corrected chi connectivity index (χ0v) is 15.4. The van der Waals surface area contributed by atoms with Gasteiger partial charge < -0.3 is 19.9 Å². The van der Waals surface area contributed by atoms with Crippen LogP contribution in [0.5, 0.6) is 11.5 Å². The van der Waals surface area contributed by atoms with Gasteiger partial charge >= 0.3 is 5.97 Å². The summed E-state index contributed by atoms with van der Waals surface area (Å²) >= 11 is 6.21. The number of amides is 1. The van der Waals surface area contributed by atoms with E-state index in [2.05, 4.69) is 5.32 Å². The number of ether oxygens (including phenoxy) is 2. The molecule has 7 heteroatoms. The molecule has 1 aromatic rings. The number of hydrogen-bond donors (Lipinski definition) is 2. The van der Waals surface area contributed by atoms with E-state index >= 15 is 0 Å². The molecule has 1 rings (SSSR count). The van der Waals surface area contributed by atoms with Gasteiger partial charge in [-0.3, -0.25) is 4.79 Å². The Labute approximate surface area is 147 Å². The van der Waals surface area contributed by atoms with Crippen molar-refractivity contribution in [2.45, 2.75) is 39.7 Å². The zero-order valence-electron chi connectivity index (χ0n) is 14.6. The lowest BCUT2D eigenvalue weighted by atomic mass is 9.98. The number of benzene rings is 1. The molecule has 0 aliphatic rings. The minimum absolute atomic E-state index is 0.203. The largest absolute Gasteiger partial charge is 0.493 e. The predicted molar refractivity (Wildman–Crippen MR) is 92.1 cm³/mol. The molecule has 0 aliphatic heterocycles. The molecule has 1 atom stereocenters.